The molecule has 1 saturated carbocycles. The lowest BCUT2D eigenvalue weighted by molar-refractivity contribution is -0.127. The SMILES string of the molecule is CN(C)C(=O)CN=C(NCCc1ccco1)NC1CCN(C2CC2)CC1. The highest BCUT2D eigenvalue weighted by Gasteiger charge is 2.31. The lowest BCUT2D eigenvalue weighted by atomic mass is 10.1. The summed E-state index contributed by atoms with van der Waals surface area (Å²) in [7, 11) is 3.51. The Balaban J connectivity index is 1.49. The number of nitrogens with one attached hydrogen (secondary N) is 2. The molecule has 2 fully saturated rings. The predicted octanol–water partition coefficient (Wildman–Crippen LogP) is 1.07. The number of aliphatic imine (C=N–C) groups is 1. The Bertz CT molecular complexity index is 587. The predicted molar refractivity (Wildman–Crippen MR) is 102 cm³/mol. The summed E-state index contributed by atoms with van der Waals surface area (Å²) in [5.41, 5.74) is 0. The van der Waals surface area contributed by atoms with E-state index in [-0.39, 0.29) is 12.5 Å². The Kier molecular flexibility index (Phi) is 6.55. The molecule has 2 aliphatic rings. The zero-order valence-electron chi connectivity index (χ0n) is 15.9. The van der Waals surface area contributed by atoms with Crippen LogP contribution >= 0.6 is 0 Å². The highest BCUT2D eigenvalue weighted by atomic mass is 16.3. The van der Waals surface area contributed by atoms with Gasteiger partial charge in [-0.15, -0.1) is 0 Å². The molecular formula is C19H31N5O2. The molecule has 0 atom stereocenters. The first-order valence-corrected chi connectivity index (χ1v) is 9.63. The van der Waals surface area contributed by atoms with Gasteiger partial charge in [-0.05, 0) is 37.8 Å². The Morgan fingerprint density at radius 3 is 2.69 bits per heavy atom. The first-order valence-electron chi connectivity index (χ1n) is 9.63. The molecule has 7 nitrogen and oxygen atoms in total. The molecule has 2 N–H and O–H groups in total. The van der Waals surface area contributed by atoms with Gasteiger partial charge in [-0.2, -0.15) is 0 Å². The third-order valence-corrected chi connectivity index (χ3v) is 5.05. The number of hydrogen-bond acceptors (Lipinski definition) is 4. The van der Waals surface area contributed by atoms with Crippen LogP contribution in [-0.2, 0) is 11.2 Å². The summed E-state index contributed by atoms with van der Waals surface area (Å²) in [4.78, 5) is 20.5. The number of likely N-dealkylation sites (tertiary alicyclic amines) is 1. The molecule has 0 unspecified atom stereocenters. The summed E-state index contributed by atoms with van der Waals surface area (Å²) >= 11 is 0. The van der Waals surface area contributed by atoms with Crippen LogP contribution in [0.5, 0.6) is 0 Å². The highest BCUT2D eigenvalue weighted by Crippen LogP contribution is 2.29. The maximum absolute atomic E-state index is 11.9. The molecule has 1 aliphatic carbocycles. The van der Waals surface area contributed by atoms with Crippen molar-refractivity contribution in [2.75, 3.05) is 40.3 Å². The number of amides is 1. The Hall–Kier alpha value is -2.02. The second-order valence-corrected chi connectivity index (χ2v) is 7.39. The smallest absolute Gasteiger partial charge is 0.243 e. The molecule has 1 aliphatic heterocycles. The van der Waals surface area contributed by atoms with Gasteiger partial charge in [0, 0.05) is 52.2 Å². The van der Waals surface area contributed by atoms with E-state index in [1.165, 1.54) is 12.8 Å². The van der Waals surface area contributed by atoms with E-state index in [9.17, 15) is 4.79 Å². The summed E-state index contributed by atoms with van der Waals surface area (Å²) in [6, 6.07) is 5.11. The Labute approximate surface area is 155 Å². The van der Waals surface area contributed by atoms with Crippen molar-refractivity contribution in [2.24, 2.45) is 4.99 Å². The van der Waals surface area contributed by atoms with Crippen molar-refractivity contribution in [3.05, 3.63) is 24.2 Å². The van der Waals surface area contributed by atoms with Gasteiger partial charge in [-0.25, -0.2) is 4.99 Å². The Morgan fingerprint density at radius 1 is 1.31 bits per heavy atom. The van der Waals surface area contributed by atoms with Gasteiger partial charge in [-0.1, -0.05) is 0 Å². The molecule has 144 valence electrons. The van der Waals surface area contributed by atoms with Crippen LogP contribution in [0.2, 0.25) is 0 Å². The number of likely N-dealkylation sites (N-methyl/N-ethyl adjacent to an activating group) is 1. The molecule has 1 amide bonds. The lowest BCUT2D eigenvalue weighted by Gasteiger charge is -2.33. The second kappa shape index (κ2) is 9.07. The van der Waals surface area contributed by atoms with Crippen LogP contribution in [0.15, 0.2) is 27.8 Å². The first-order chi connectivity index (χ1) is 12.6. The number of nitrogens with zero attached hydrogens (tertiary/aromatic N) is 3. The van der Waals surface area contributed by atoms with Crippen LogP contribution in [0.25, 0.3) is 0 Å². The van der Waals surface area contributed by atoms with Crippen molar-refractivity contribution in [1.29, 1.82) is 0 Å². The molecule has 3 rings (SSSR count). The molecular weight excluding hydrogens is 330 g/mol. The van der Waals surface area contributed by atoms with Gasteiger partial charge >= 0.3 is 0 Å². The van der Waals surface area contributed by atoms with E-state index in [0.29, 0.717) is 6.04 Å². The van der Waals surface area contributed by atoms with Gasteiger partial charge in [0.05, 0.1) is 6.26 Å². The molecule has 2 heterocycles. The number of furan rings is 1. The van der Waals surface area contributed by atoms with E-state index in [2.05, 4.69) is 20.5 Å². The molecule has 1 aromatic rings. The summed E-state index contributed by atoms with van der Waals surface area (Å²) in [6.07, 6.45) is 7.45. The third-order valence-electron chi connectivity index (χ3n) is 5.05. The molecule has 26 heavy (non-hydrogen) atoms. The Morgan fingerprint density at radius 2 is 2.08 bits per heavy atom. The minimum Gasteiger partial charge on any atom is -0.469 e. The van der Waals surface area contributed by atoms with Crippen molar-refractivity contribution < 1.29 is 9.21 Å². The number of carbonyl (C=O) groups excluding carboxylic acids is 1. The van der Waals surface area contributed by atoms with E-state index in [4.69, 9.17) is 4.42 Å². The monoisotopic (exact) mass is 361 g/mol. The van der Waals surface area contributed by atoms with Crippen molar-refractivity contribution in [3.63, 3.8) is 0 Å². The standard InChI is InChI=1S/C19H31N5O2/c1-23(2)18(25)14-21-19(20-10-7-17-4-3-13-26-17)22-15-8-11-24(12-9-15)16-5-6-16/h3-4,13,15-16H,5-12,14H2,1-2H3,(H2,20,21,22). The van der Waals surface area contributed by atoms with Crippen LogP contribution in [0.1, 0.15) is 31.4 Å². The largest absolute Gasteiger partial charge is 0.469 e. The van der Waals surface area contributed by atoms with Gasteiger partial charge in [0.1, 0.15) is 12.3 Å². The fourth-order valence-corrected chi connectivity index (χ4v) is 3.24. The molecule has 7 heteroatoms. The van der Waals surface area contributed by atoms with Crippen molar-refractivity contribution >= 4 is 11.9 Å². The molecule has 0 radical (unpaired) electrons. The summed E-state index contributed by atoms with van der Waals surface area (Å²) < 4.78 is 5.37. The number of hydrogen-bond donors (Lipinski definition) is 2. The number of rotatable bonds is 7. The van der Waals surface area contributed by atoms with Crippen LogP contribution in [0, 0.1) is 0 Å². The maximum Gasteiger partial charge on any atom is 0.243 e. The molecule has 1 aromatic heterocycles. The van der Waals surface area contributed by atoms with Crippen LogP contribution in [0.3, 0.4) is 0 Å². The lowest BCUT2D eigenvalue weighted by Crippen LogP contribution is -2.49. The minimum absolute atomic E-state index is 0.000636. The van der Waals surface area contributed by atoms with Crippen molar-refractivity contribution in [3.8, 4) is 0 Å². The van der Waals surface area contributed by atoms with Crippen LogP contribution in [0.4, 0.5) is 0 Å². The van der Waals surface area contributed by atoms with Gasteiger partial charge in [0.25, 0.3) is 0 Å². The fourth-order valence-electron chi connectivity index (χ4n) is 3.24. The van der Waals surface area contributed by atoms with E-state index < -0.39 is 0 Å². The average Bonchev–Trinajstić information content (AvgIpc) is 3.36. The zero-order valence-corrected chi connectivity index (χ0v) is 15.9. The average molecular weight is 361 g/mol. The number of guanidine groups is 1. The molecule has 0 aromatic carbocycles. The van der Waals surface area contributed by atoms with Crippen molar-refractivity contribution in [1.82, 2.24) is 20.4 Å². The van der Waals surface area contributed by atoms with Crippen LogP contribution in [-0.4, -0.2) is 74.0 Å². The minimum atomic E-state index is 0.000636. The van der Waals surface area contributed by atoms with Gasteiger partial charge in [-0.3, -0.25) is 4.79 Å². The van der Waals surface area contributed by atoms with Gasteiger partial charge in [0.2, 0.25) is 5.91 Å². The van der Waals surface area contributed by atoms with Gasteiger partial charge in [0.15, 0.2) is 5.96 Å². The summed E-state index contributed by atoms with van der Waals surface area (Å²) in [5, 5.41) is 6.86. The van der Waals surface area contributed by atoms with E-state index in [1.807, 2.05) is 12.1 Å². The molecule has 0 bridgehead atoms. The van der Waals surface area contributed by atoms with E-state index >= 15 is 0 Å². The topological polar surface area (TPSA) is 73.1 Å². The number of piperidine rings is 1. The normalized spacial score (nSPS) is 19.4. The molecule has 1 saturated heterocycles. The quantitative estimate of drug-likeness (QED) is 0.561. The summed E-state index contributed by atoms with van der Waals surface area (Å²) in [5.74, 6) is 1.66. The number of carbonyl (C=O) groups is 1. The van der Waals surface area contributed by atoms with E-state index in [0.717, 1.165) is 56.7 Å². The highest BCUT2D eigenvalue weighted by molar-refractivity contribution is 5.84. The maximum atomic E-state index is 11.9. The van der Waals surface area contributed by atoms with Gasteiger partial charge < -0.3 is 24.9 Å². The first kappa shape index (κ1) is 18.8. The second-order valence-electron chi connectivity index (χ2n) is 7.39. The molecule has 0 spiro atoms. The van der Waals surface area contributed by atoms with Crippen molar-refractivity contribution in [2.45, 2.75) is 44.2 Å². The van der Waals surface area contributed by atoms with Crippen LogP contribution < -0.4 is 10.6 Å². The fraction of sp³-hybridized carbons (Fsp3) is 0.684. The zero-order chi connectivity index (χ0) is 18.4. The third kappa shape index (κ3) is 5.76. The van der Waals surface area contributed by atoms with E-state index in [1.54, 1.807) is 25.3 Å². The summed E-state index contributed by atoms with van der Waals surface area (Å²) in [6.45, 7) is 3.18.